The van der Waals surface area contributed by atoms with Crippen LogP contribution in [-0.2, 0) is 0 Å². The summed E-state index contributed by atoms with van der Waals surface area (Å²) in [6.07, 6.45) is 0. The van der Waals surface area contributed by atoms with E-state index < -0.39 is 0 Å². The van der Waals surface area contributed by atoms with Gasteiger partial charge in [-0.25, -0.2) is 4.98 Å². The van der Waals surface area contributed by atoms with Crippen molar-refractivity contribution >= 4 is 11.5 Å². The third-order valence-electron chi connectivity index (χ3n) is 2.72. The monoisotopic (exact) mass is 244 g/mol. The number of benzene rings is 1. The summed E-state index contributed by atoms with van der Waals surface area (Å²) in [5, 5.41) is 0. The zero-order valence-electron chi connectivity index (χ0n) is 10.4. The lowest BCUT2D eigenvalue weighted by Crippen LogP contribution is -2.19. The molecule has 0 saturated heterocycles. The van der Waals surface area contributed by atoms with Crippen molar-refractivity contribution in [1.29, 1.82) is 0 Å². The second-order valence-electron chi connectivity index (χ2n) is 4.49. The first-order chi connectivity index (χ1) is 8.49. The van der Waals surface area contributed by atoms with Gasteiger partial charge < -0.3 is 16.5 Å². The molecule has 0 fully saturated rings. The molecule has 18 heavy (non-hydrogen) atoms. The highest BCUT2D eigenvalue weighted by Crippen LogP contribution is 2.20. The third-order valence-corrected chi connectivity index (χ3v) is 2.72. The molecule has 0 unspecified atom stereocenters. The van der Waals surface area contributed by atoms with Crippen molar-refractivity contribution in [2.75, 3.05) is 11.5 Å². The van der Waals surface area contributed by atoms with Gasteiger partial charge in [0.2, 0.25) is 0 Å². The average Bonchev–Trinajstić information content (AvgIpc) is 2.27. The Morgan fingerprint density at radius 3 is 2.56 bits per heavy atom. The minimum Gasteiger partial charge on any atom is -0.399 e. The number of nitrogens with zero attached hydrogens (tertiary/aromatic N) is 1. The maximum absolute atomic E-state index is 12.0. The number of aromatic nitrogens is 2. The van der Waals surface area contributed by atoms with E-state index in [-0.39, 0.29) is 17.3 Å². The molecular weight excluding hydrogens is 228 g/mol. The molecule has 0 spiro atoms. The lowest BCUT2D eigenvalue weighted by molar-refractivity contribution is 0.837. The van der Waals surface area contributed by atoms with Crippen LogP contribution < -0.4 is 17.0 Å². The van der Waals surface area contributed by atoms with Gasteiger partial charge in [-0.1, -0.05) is 26.0 Å². The molecule has 94 valence electrons. The van der Waals surface area contributed by atoms with Gasteiger partial charge in [0, 0.05) is 11.3 Å². The Hall–Kier alpha value is -2.30. The molecule has 1 aromatic heterocycles. The minimum atomic E-state index is -0.199. The molecule has 0 amide bonds. The zero-order chi connectivity index (χ0) is 13.3. The Balaban J connectivity index is 2.59. The second-order valence-corrected chi connectivity index (χ2v) is 4.49. The van der Waals surface area contributed by atoms with E-state index in [9.17, 15) is 4.79 Å². The van der Waals surface area contributed by atoms with Gasteiger partial charge in [-0.3, -0.25) is 4.79 Å². The van der Waals surface area contributed by atoms with Crippen LogP contribution in [0.1, 0.15) is 25.3 Å². The van der Waals surface area contributed by atoms with Gasteiger partial charge in [-0.15, -0.1) is 0 Å². The summed E-state index contributed by atoms with van der Waals surface area (Å²) >= 11 is 0. The molecular formula is C13H16N4O. The topological polar surface area (TPSA) is 97.8 Å². The largest absolute Gasteiger partial charge is 0.399 e. The van der Waals surface area contributed by atoms with Gasteiger partial charge in [-0.05, 0) is 18.1 Å². The highest BCUT2D eigenvalue weighted by molar-refractivity contribution is 5.62. The van der Waals surface area contributed by atoms with E-state index in [1.807, 2.05) is 19.9 Å². The molecule has 1 heterocycles. The van der Waals surface area contributed by atoms with Gasteiger partial charge in [0.25, 0.3) is 5.56 Å². The predicted molar refractivity (Wildman–Crippen MR) is 73.2 cm³/mol. The summed E-state index contributed by atoms with van der Waals surface area (Å²) in [4.78, 5) is 18.9. The fourth-order valence-electron chi connectivity index (χ4n) is 1.88. The third kappa shape index (κ3) is 2.20. The summed E-state index contributed by atoms with van der Waals surface area (Å²) < 4.78 is 0. The van der Waals surface area contributed by atoms with Crippen molar-refractivity contribution in [3.05, 3.63) is 40.2 Å². The second kappa shape index (κ2) is 4.52. The van der Waals surface area contributed by atoms with Crippen LogP contribution in [0, 0.1) is 0 Å². The number of nitrogens with two attached hydrogens (primary N) is 2. The number of rotatable bonds is 2. The lowest BCUT2D eigenvalue weighted by atomic mass is 10.1. The summed E-state index contributed by atoms with van der Waals surface area (Å²) in [5.41, 5.74) is 13.2. The number of hydrogen-bond donors (Lipinski definition) is 3. The smallest absolute Gasteiger partial charge is 0.256 e. The molecule has 5 nitrogen and oxygen atoms in total. The van der Waals surface area contributed by atoms with Gasteiger partial charge in [0.05, 0.1) is 5.56 Å². The first kappa shape index (κ1) is 12.2. The zero-order valence-corrected chi connectivity index (χ0v) is 10.4. The normalized spacial score (nSPS) is 10.8. The molecule has 1 aromatic carbocycles. The quantitative estimate of drug-likeness (QED) is 0.700. The van der Waals surface area contributed by atoms with Crippen molar-refractivity contribution in [1.82, 2.24) is 9.97 Å². The van der Waals surface area contributed by atoms with Crippen LogP contribution in [0.25, 0.3) is 11.4 Å². The molecule has 0 aliphatic rings. The van der Waals surface area contributed by atoms with E-state index in [2.05, 4.69) is 9.97 Å². The van der Waals surface area contributed by atoms with E-state index >= 15 is 0 Å². The van der Waals surface area contributed by atoms with Gasteiger partial charge in [0.1, 0.15) is 11.6 Å². The number of aromatic amines is 1. The van der Waals surface area contributed by atoms with Crippen molar-refractivity contribution in [2.45, 2.75) is 19.8 Å². The minimum absolute atomic E-state index is 0.0381. The average molecular weight is 244 g/mol. The first-order valence-corrected chi connectivity index (χ1v) is 5.74. The summed E-state index contributed by atoms with van der Waals surface area (Å²) in [6.45, 7) is 3.81. The van der Waals surface area contributed by atoms with Crippen LogP contribution in [0.4, 0.5) is 11.5 Å². The van der Waals surface area contributed by atoms with Crippen LogP contribution >= 0.6 is 0 Å². The highest BCUT2D eigenvalue weighted by Gasteiger charge is 2.13. The summed E-state index contributed by atoms with van der Waals surface area (Å²) in [6, 6.07) is 7.14. The summed E-state index contributed by atoms with van der Waals surface area (Å²) in [7, 11) is 0. The fraction of sp³-hybridized carbons (Fsp3) is 0.231. The van der Waals surface area contributed by atoms with Gasteiger partial charge >= 0.3 is 0 Å². The molecule has 5 N–H and O–H groups in total. The van der Waals surface area contributed by atoms with Gasteiger partial charge in [0.15, 0.2) is 0 Å². The Kier molecular flexibility index (Phi) is 3.06. The molecule has 2 aromatic rings. The Labute approximate surface area is 105 Å². The first-order valence-electron chi connectivity index (χ1n) is 5.74. The van der Waals surface area contributed by atoms with Gasteiger partial charge in [-0.2, -0.15) is 0 Å². The van der Waals surface area contributed by atoms with E-state index in [1.165, 1.54) is 0 Å². The lowest BCUT2D eigenvalue weighted by Gasteiger charge is -2.09. The number of hydrogen-bond acceptors (Lipinski definition) is 4. The predicted octanol–water partition coefficient (Wildman–Crippen LogP) is 1.72. The molecule has 5 heteroatoms. The molecule has 0 aliphatic heterocycles. The molecule has 0 bridgehead atoms. The van der Waals surface area contributed by atoms with Crippen molar-refractivity contribution in [3.8, 4) is 11.4 Å². The fourth-order valence-corrected chi connectivity index (χ4v) is 1.88. The standard InChI is InChI=1S/C13H16N4O/c1-7(2)10-11(15)16-12(17-13(10)18)8-4-3-5-9(14)6-8/h3-7H,14H2,1-2H3,(H3,15,16,17,18). The molecule has 2 rings (SSSR count). The van der Waals surface area contributed by atoms with E-state index in [0.29, 0.717) is 17.1 Å². The van der Waals surface area contributed by atoms with Crippen molar-refractivity contribution < 1.29 is 0 Å². The number of nitrogen functional groups attached to an aromatic ring is 2. The number of H-pyrrole nitrogens is 1. The van der Waals surface area contributed by atoms with Crippen LogP contribution in [0.15, 0.2) is 29.1 Å². The van der Waals surface area contributed by atoms with Crippen LogP contribution in [0.3, 0.4) is 0 Å². The highest BCUT2D eigenvalue weighted by atomic mass is 16.1. The summed E-state index contributed by atoms with van der Waals surface area (Å²) in [5.74, 6) is 0.747. The maximum atomic E-state index is 12.0. The number of nitrogens with one attached hydrogen (secondary N) is 1. The Morgan fingerprint density at radius 2 is 2.00 bits per heavy atom. The molecule has 0 radical (unpaired) electrons. The Morgan fingerprint density at radius 1 is 1.28 bits per heavy atom. The van der Waals surface area contributed by atoms with Crippen molar-refractivity contribution in [3.63, 3.8) is 0 Å². The van der Waals surface area contributed by atoms with Crippen LogP contribution in [0.2, 0.25) is 0 Å². The van der Waals surface area contributed by atoms with Crippen molar-refractivity contribution in [2.24, 2.45) is 0 Å². The van der Waals surface area contributed by atoms with E-state index in [0.717, 1.165) is 5.56 Å². The van der Waals surface area contributed by atoms with Crippen LogP contribution in [0.5, 0.6) is 0 Å². The SMILES string of the molecule is CC(C)c1c(N)nc(-c2cccc(N)c2)[nH]c1=O. The van der Waals surface area contributed by atoms with Crippen LogP contribution in [-0.4, -0.2) is 9.97 Å². The maximum Gasteiger partial charge on any atom is 0.256 e. The molecule has 0 aliphatic carbocycles. The Bertz CT molecular complexity index is 631. The van der Waals surface area contributed by atoms with E-state index in [1.54, 1.807) is 18.2 Å². The van der Waals surface area contributed by atoms with E-state index in [4.69, 9.17) is 11.5 Å². The molecule has 0 atom stereocenters. The molecule has 0 saturated carbocycles. The number of anilines is 2.